The molecule has 0 aromatic rings. The Kier molecular flexibility index (Phi) is 4.61. The van der Waals surface area contributed by atoms with Gasteiger partial charge >= 0.3 is 69.9 Å². The number of rotatable bonds is 0. The standard InChI is InChI=1S/C8H13OSe.Au/c1-6-3-7(9)5-8(2,10)4-6;/h6H,3-5H2,1-2H3;. The van der Waals surface area contributed by atoms with Gasteiger partial charge in [0.1, 0.15) is 0 Å². The Bertz CT molecular complexity index is 156. The fourth-order valence-corrected chi connectivity index (χ4v) is 2.69. The minimum atomic E-state index is 0. The maximum atomic E-state index is 11.1. The van der Waals surface area contributed by atoms with Crippen LogP contribution in [-0.2, 0) is 27.2 Å². The summed E-state index contributed by atoms with van der Waals surface area (Å²) in [4.78, 5) is 11.1. The molecule has 68 valence electrons. The van der Waals surface area contributed by atoms with Crippen LogP contribution in [0.2, 0.25) is 4.31 Å². The average molecular weight is 401 g/mol. The van der Waals surface area contributed by atoms with Crippen LogP contribution in [0, 0.1) is 5.92 Å². The predicted octanol–water partition coefficient (Wildman–Crippen LogP) is 1.72. The molecule has 2 atom stereocenters. The first kappa shape index (κ1) is 11.9. The number of ketones is 1. The van der Waals surface area contributed by atoms with E-state index in [4.69, 9.17) is 0 Å². The van der Waals surface area contributed by atoms with Gasteiger partial charge < -0.3 is 0 Å². The van der Waals surface area contributed by atoms with Crippen LogP contribution in [0.1, 0.15) is 33.1 Å². The van der Waals surface area contributed by atoms with Crippen LogP contribution in [0.15, 0.2) is 0 Å². The smallest absolute Gasteiger partial charge is 0 e. The van der Waals surface area contributed by atoms with E-state index >= 15 is 0 Å². The van der Waals surface area contributed by atoms with E-state index in [1.54, 1.807) is 0 Å². The van der Waals surface area contributed by atoms with E-state index in [1.807, 2.05) is 0 Å². The van der Waals surface area contributed by atoms with Gasteiger partial charge in [0.05, 0.1) is 0 Å². The van der Waals surface area contributed by atoms with Crippen LogP contribution in [-0.4, -0.2) is 21.8 Å². The maximum Gasteiger partial charge on any atom is 0 e. The van der Waals surface area contributed by atoms with E-state index < -0.39 is 0 Å². The Morgan fingerprint density at radius 2 is 2.18 bits per heavy atom. The summed E-state index contributed by atoms with van der Waals surface area (Å²) >= 11 is 3.10. The van der Waals surface area contributed by atoms with Crippen molar-refractivity contribution in [2.75, 3.05) is 0 Å². The topological polar surface area (TPSA) is 17.1 Å². The molecule has 11 heavy (non-hydrogen) atoms. The third-order valence-electron chi connectivity index (χ3n) is 1.93. The van der Waals surface area contributed by atoms with Gasteiger partial charge in [-0.2, -0.15) is 0 Å². The molecule has 1 rings (SSSR count). The van der Waals surface area contributed by atoms with Gasteiger partial charge in [0.15, 0.2) is 0 Å². The zero-order valence-electron chi connectivity index (χ0n) is 6.82. The Morgan fingerprint density at radius 1 is 1.64 bits per heavy atom. The molecule has 0 amide bonds. The van der Waals surface area contributed by atoms with E-state index in [9.17, 15) is 4.79 Å². The molecule has 1 aliphatic carbocycles. The van der Waals surface area contributed by atoms with Gasteiger partial charge in [-0.05, 0) is 0 Å². The second-order valence-corrected chi connectivity index (χ2v) is 5.75. The molecule has 0 bridgehead atoms. The third-order valence-corrected chi connectivity index (χ3v) is 2.58. The van der Waals surface area contributed by atoms with Crippen molar-refractivity contribution >= 4 is 21.8 Å². The molecule has 0 spiro atoms. The summed E-state index contributed by atoms with van der Waals surface area (Å²) < 4.78 is 0.148. The molecule has 1 nitrogen and oxygen atoms in total. The van der Waals surface area contributed by atoms with Crippen molar-refractivity contribution in [1.29, 1.82) is 0 Å². The van der Waals surface area contributed by atoms with E-state index in [1.165, 1.54) is 0 Å². The quantitative estimate of drug-likeness (QED) is 0.566. The summed E-state index contributed by atoms with van der Waals surface area (Å²) in [5, 5.41) is 0. The van der Waals surface area contributed by atoms with Crippen LogP contribution >= 0.6 is 0 Å². The van der Waals surface area contributed by atoms with Crippen molar-refractivity contribution < 1.29 is 27.2 Å². The van der Waals surface area contributed by atoms with E-state index in [2.05, 4.69) is 29.9 Å². The first-order valence-electron chi connectivity index (χ1n) is 3.72. The maximum absolute atomic E-state index is 11.1. The first-order chi connectivity index (χ1) is 4.49. The van der Waals surface area contributed by atoms with Crippen molar-refractivity contribution in [3.8, 4) is 0 Å². The monoisotopic (exact) mass is 402 g/mol. The van der Waals surface area contributed by atoms with Crippen molar-refractivity contribution in [1.82, 2.24) is 0 Å². The minimum absolute atomic E-state index is 0. The van der Waals surface area contributed by atoms with Crippen LogP contribution in [0.4, 0.5) is 0 Å². The zero-order valence-corrected chi connectivity index (χ0v) is 10.7. The van der Waals surface area contributed by atoms with Gasteiger partial charge in [0.2, 0.25) is 0 Å². The van der Waals surface area contributed by atoms with Gasteiger partial charge in [-0.15, -0.1) is 0 Å². The average Bonchev–Trinajstić information content (AvgIpc) is 1.54. The van der Waals surface area contributed by atoms with Gasteiger partial charge in [0.25, 0.3) is 0 Å². The molecule has 0 aliphatic heterocycles. The minimum Gasteiger partial charge on any atom is 0 e. The summed E-state index contributed by atoms with van der Waals surface area (Å²) in [6, 6.07) is 0. The summed E-state index contributed by atoms with van der Waals surface area (Å²) in [5.41, 5.74) is 0. The zero-order chi connectivity index (χ0) is 7.78. The number of carbonyl (C=O) groups excluding carboxylic acids is 1. The molecule has 2 radical (unpaired) electrons. The summed E-state index contributed by atoms with van der Waals surface area (Å²) in [6.07, 6.45) is 2.67. The van der Waals surface area contributed by atoms with Gasteiger partial charge in [-0.3, -0.25) is 0 Å². The molecule has 1 aliphatic rings. The first-order valence-corrected chi connectivity index (χ1v) is 4.57. The van der Waals surface area contributed by atoms with Crippen LogP contribution < -0.4 is 0 Å². The Hall–Kier alpha value is 0.930. The molecule has 1 fully saturated rings. The molecule has 0 aromatic heterocycles. The van der Waals surface area contributed by atoms with Gasteiger partial charge in [-0.25, -0.2) is 0 Å². The summed E-state index contributed by atoms with van der Waals surface area (Å²) in [5.74, 6) is 0.993. The van der Waals surface area contributed by atoms with Crippen molar-refractivity contribution in [2.45, 2.75) is 37.4 Å². The van der Waals surface area contributed by atoms with Crippen molar-refractivity contribution in [2.24, 2.45) is 5.92 Å². The SMILES string of the molecule is CC1CC(=O)CC(C)([Se])C1.[Au]. The molecule has 0 heterocycles. The number of carbonyl (C=O) groups is 1. The predicted molar refractivity (Wildman–Crippen MR) is 42.1 cm³/mol. The van der Waals surface area contributed by atoms with Crippen molar-refractivity contribution in [3.05, 3.63) is 0 Å². The van der Waals surface area contributed by atoms with E-state index in [-0.39, 0.29) is 26.7 Å². The van der Waals surface area contributed by atoms with Gasteiger partial charge in [0, 0.05) is 22.4 Å². The molecular weight excluding hydrogens is 388 g/mol. The fourth-order valence-electron chi connectivity index (χ4n) is 1.76. The van der Waals surface area contributed by atoms with E-state index in [0.717, 1.165) is 19.3 Å². The molecule has 0 N–H and O–H groups in total. The normalized spacial score (nSPS) is 38.1. The fraction of sp³-hybridized carbons (Fsp3) is 0.875. The molecule has 0 saturated heterocycles. The van der Waals surface area contributed by atoms with Crippen LogP contribution in [0.3, 0.4) is 0 Å². The summed E-state index contributed by atoms with van der Waals surface area (Å²) in [6.45, 7) is 4.27. The van der Waals surface area contributed by atoms with E-state index in [0.29, 0.717) is 11.7 Å². The Labute approximate surface area is 92.0 Å². The Balaban J connectivity index is 0.000001000. The molecular formula is C8H13AuOSe. The molecule has 1 saturated carbocycles. The number of hydrogen-bond donors (Lipinski definition) is 0. The second kappa shape index (κ2) is 4.25. The number of Topliss-reactive ketones (excluding diaryl/α,β-unsaturated/α-hetero) is 1. The van der Waals surface area contributed by atoms with Crippen LogP contribution in [0.5, 0.6) is 0 Å². The third kappa shape index (κ3) is 3.91. The number of hydrogen-bond acceptors (Lipinski definition) is 1. The molecule has 0 aromatic carbocycles. The second-order valence-electron chi connectivity index (χ2n) is 3.68. The molecule has 3 heteroatoms. The van der Waals surface area contributed by atoms with Crippen LogP contribution in [0.25, 0.3) is 0 Å². The Morgan fingerprint density at radius 3 is 2.55 bits per heavy atom. The van der Waals surface area contributed by atoms with Crippen molar-refractivity contribution in [3.63, 3.8) is 0 Å². The van der Waals surface area contributed by atoms with Gasteiger partial charge in [-0.1, -0.05) is 0 Å². The summed E-state index contributed by atoms with van der Waals surface area (Å²) in [7, 11) is 0. The molecule has 2 unspecified atom stereocenters. The largest absolute Gasteiger partial charge is 0 e.